The normalized spacial score (nSPS) is 24.3. The number of methoxy groups -OCH3 is 1. The molecule has 4 atom stereocenters. The maximum atomic E-state index is 14.8. The Morgan fingerprint density at radius 1 is 1.18 bits per heavy atom. The first-order chi connectivity index (χ1) is 15.7. The van der Waals surface area contributed by atoms with Crippen molar-refractivity contribution in [2.24, 2.45) is 5.92 Å². The quantitative estimate of drug-likeness (QED) is 0.582. The molecule has 2 aliphatic rings. The van der Waals surface area contributed by atoms with Gasteiger partial charge in [-0.15, -0.1) is 0 Å². The molecule has 186 valence electrons. The van der Waals surface area contributed by atoms with Crippen molar-refractivity contribution in [1.29, 1.82) is 0 Å². The number of hydrogen-bond donors (Lipinski definition) is 0. The van der Waals surface area contributed by atoms with Gasteiger partial charge < -0.3 is 14.4 Å². The number of rotatable bonds is 6. The van der Waals surface area contributed by atoms with Crippen molar-refractivity contribution in [3.05, 3.63) is 35.4 Å². The van der Waals surface area contributed by atoms with Crippen LogP contribution in [0.5, 0.6) is 0 Å². The smallest absolute Gasteiger partial charge is 0.329 e. The van der Waals surface area contributed by atoms with Crippen molar-refractivity contribution < 1.29 is 27.8 Å². The molecule has 3 rings (SSSR count). The number of esters is 1. The van der Waals surface area contributed by atoms with Gasteiger partial charge in [-0.25, -0.2) is 13.6 Å². The van der Waals surface area contributed by atoms with Crippen molar-refractivity contribution >= 4 is 11.9 Å². The topological polar surface area (TPSA) is 59.1 Å². The molecule has 0 N–H and O–H groups in total. The highest BCUT2D eigenvalue weighted by Gasteiger charge is 2.44. The highest BCUT2D eigenvalue weighted by Crippen LogP contribution is 2.36. The summed E-state index contributed by atoms with van der Waals surface area (Å²) in [6, 6.07) is 2.06. The fourth-order valence-electron chi connectivity index (χ4n) is 4.72. The molecule has 0 aliphatic carbocycles. The van der Waals surface area contributed by atoms with E-state index in [-0.39, 0.29) is 36.1 Å². The zero-order valence-corrected chi connectivity index (χ0v) is 20.6. The molecule has 1 aromatic carbocycles. The van der Waals surface area contributed by atoms with E-state index in [0.717, 1.165) is 12.8 Å². The van der Waals surface area contributed by atoms with Gasteiger partial charge in [0, 0.05) is 43.3 Å². The second-order valence-corrected chi connectivity index (χ2v) is 8.76. The predicted molar refractivity (Wildman–Crippen MR) is 123 cm³/mol. The van der Waals surface area contributed by atoms with E-state index in [2.05, 4.69) is 0 Å². The summed E-state index contributed by atoms with van der Waals surface area (Å²) < 4.78 is 40.3. The van der Waals surface area contributed by atoms with Gasteiger partial charge in [0.25, 0.3) is 0 Å². The van der Waals surface area contributed by atoms with Gasteiger partial charge in [-0.1, -0.05) is 33.8 Å². The van der Waals surface area contributed by atoms with Crippen LogP contribution in [0.3, 0.4) is 0 Å². The maximum absolute atomic E-state index is 14.8. The molecule has 0 spiro atoms. The lowest BCUT2D eigenvalue weighted by Gasteiger charge is -2.47. The molecule has 0 radical (unpaired) electrons. The Bertz CT molecular complexity index is 778. The van der Waals surface area contributed by atoms with Gasteiger partial charge in [-0.3, -0.25) is 9.69 Å². The average Bonchev–Trinajstić information content (AvgIpc) is 3.31. The number of carbonyl (C=O) groups is 2. The standard InChI is InChI=1S/C23H32F2N2O4.C2H6/c1-14(2)22(28)27-15(3)12-26(13-20(27)23(29)30-4)19(11-16-7-6-10-31-16)21-17(24)8-5-9-18(21)25;1-2/h5,8-9,14-16,19-20H,6-7,10-13H2,1-4H3;1-2H3. The van der Waals surface area contributed by atoms with Crippen molar-refractivity contribution in [1.82, 2.24) is 9.80 Å². The lowest BCUT2D eigenvalue weighted by atomic mass is 9.93. The highest BCUT2D eigenvalue weighted by atomic mass is 19.1. The highest BCUT2D eigenvalue weighted by molar-refractivity contribution is 5.86. The summed E-state index contributed by atoms with van der Waals surface area (Å²) in [7, 11) is 1.28. The molecule has 2 heterocycles. The zero-order chi connectivity index (χ0) is 24.7. The third-order valence-corrected chi connectivity index (χ3v) is 6.22. The van der Waals surface area contributed by atoms with Crippen LogP contribution in [-0.4, -0.2) is 66.7 Å². The molecule has 0 bridgehead atoms. The molecule has 0 saturated carbocycles. The number of hydrogen-bond acceptors (Lipinski definition) is 5. The minimum Gasteiger partial charge on any atom is -0.467 e. The molecular formula is C25H38F2N2O4. The lowest BCUT2D eigenvalue weighted by Crippen LogP contribution is -2.63. The molecule has 1 aromatic rings. The number of benzene rings is 1. The van der Waals surface area contributed by atoms with Crippen LogP contribution < -0.4 is 0 Å². The van der Waals surface area contributed by atoms with E-state index >= 15 is 0 Å². The fourth-order valence-corrected chi connectivity index (χ4v) is 4.72. The first-order valence-corrected chi connectivity index (χ1v) is 11.9. The molecule has 2 aliphatic heterocycles. The molecule has 2 saturated heterocycles. The van der Waals surface area contributed by atoms with Crippen LogP contribution in [0.1, 0.15) is 65.5 Å². The molecule has 33 heavy (non-hydrogen) atoms. The summed E-state index contributed by atoms with van der Waals surface area (Å²) in [4.78, 5) is 28.9. The number of carbonyl (C=O) groups excluding carboxylic acids is 2. The first kappa shape index (κ1) is 27.2. The summed E-state index contributed by atoms with van der Waals surface area (Å²) in [5.41, 5.74) is -0.0162. The van der Waals surface area contributed by atoms with Crippen molar-refractivity contribution in [2.75, 3.05) is 26.8 Å². The number of halogens is 2. The van der Waals surface area contributed by atoms with Crippen LogP contribution >= 0.6 is 0 Å². The minimum atomic E-state index is -0.842. The summed E-state index contributed by atoms with van der Waals surface area (Å²) >= 11 is 0. The molecule has 0 aromatic heterocycles. The number of nitrogens with zero attached hydrogens (tertiary/aromatic N) is 2. The molecular weight excluding hydrogens is 430 g/mol. The third-order valence-electron chi connectivity index (χ3n) is 6.22. The van der Waals surface area contributed by atoms with Crippen LogP contribution in [0.25, 0.3) is 0 Å². The summed E-state index contributed by atoms with van der Waals surface area (Å²) in [5, 5.41) is 0. The van der Waals surface area contributed by atoms with Crippen LogP contribution in [-0.2, 0) is 19.1 Å². The van der Waals surface area contributed by atoms with Crippen molar-refractivity contribution in [3.63, 3.8) is 0 Å². The van der Waals surface area contributed by atoms with Crippen LogP contribution in [0.2, 0.25) is 0 Å². The van der Waals surface area contributed by atoms with E-state index in [9.17, 15) is 18.4 Å². The van der Waals surface area contributed by atoms with Crippen molar-refractivity contribution in [2.45, 2.75) is 78.1 Å². The number of piperazine rings is 1. The Hall–Kier alpha value is -2.06. The summed E-state index contributed by atoms with van der Waals surface area (Å²) in [6.07, 6.45) is 2.05. The Kier molecular flexibility index (Phi) is 10.2. The van der Waals surface area contributed by atoms with Gasteiger partial charge in [0.05, 0.1) is 13.2 Å². The Balaban J connectivity index is 0.00000187. The van der Waals surface area contributed by atoms with E-state index in [1.54, 1.807) is 18.7 Å². The Morgan fingerprint density at radius 2 is 1.82 bits per heavy atom. The van der Waals surface area contributed by atoms with E-state index in [4.69, 9.17) is 9.47 Å². The van der Waals surface area contributed by atoms with Crippen LogP contribution in [0, 0.1) is 17.6 Å². The average molecular weight is 469 g/mol. The zero-order valence-electron chi connectivity index (χ0n) is 20.6. The van der Waals surface area contributed by atoms with E-state index in [1.807, 2.05) is 25.7 Å². The Labute approximate surface area is 196 Å². The van der Waals surface area contributed by atoms with E-state index in [0.29, 0.717) is 19.6 Å². The van der Waals surface area contributed by atoms with Gasteiger partial charge >= 0.3 is 5.97 Å². The van der Waals surface area contributed by atoms with Gasteiger partial charge in [-0.2, -0.15) is 0 Å². The Morgan fingerprint density at radius 3 is 2.33 bits per heavy atom. The molecule has 8 heteroatoms. The monoisotopic (exact) mass is 468 g/mol. The lowest BCUT2D eigenvalue weighted by molar-refractivity contribution is -0.162. The molecule has 2 fully saturated rings. The summed E-state index contributed by atoms with van der Waals surface area (Å²) in [5.74, 6) is -2.20. The third kappa shape index (κ3) is 6.29. The summed E-state index contributed by atoms with van der Waals surface area (Å²) in [6.45, 7) is 10.6. The largest absolute Gasteiger partial charge is 0.467 e. The van der Waals surface area contributed by atoms with Crippen LogP contribution in [0.4, 0.5) is 8.78 Å². The van der Waals surface area contributed by atoms with E-state index in [1.165, 1.54) is 25.3 Å². The predicted octanol–water partition coefficient (Wildman–Crippen LogP) is 4.33. The minimum absolute atomic E-state index is 0.0162. The second kappa shape index (κ2) is 12.4. The maximum Gasteiger partial charge on any atom is 0.329 e. The van der Waals surface area contributed by atoms with Gasteiger partial charge in [0.1, 0.15) is 17.7 Å². The first-order valence-electron chi connectivity index (χ1n) is 11.9. The number of amides is 1. The van der Waals surface area contributed by atoms with Gasteiger partial charge in [0.15, 0.2) is 0 Å². The van der Waals surface area contributed by atoms with Crippen LogP contribution in [0.15, 0.2) is 18.2 Å². The number of ether oxygens (including phenoxy) is 2. The fraction of sp³-hybridized carbons (Fsp3) is 0.680. The van der Waals surface area contributed by atoms with Gasteiger partial charge in [-0.05, 0) is 38.3 Å². The second-order valence-electron chi connectivity index (χ2n) is 8.76. The van der Waals surface area contributed by atoms with E-state index < -0.39 is 29.7 Å². The SMILES string of the molecule is CC.COC(=O)C1CN(C(CC2CCCO2)c2c(F)cccc2F)CC(C)N1C(=O)C(C)C. The molecule has 1 amide bonds. The molecule has 4 unspecified atom stereocenters. The molecule has 6 nitrogen and oxygen atoms in total. The van der Waals surface area contributed by atoms with Crippen molar-refractivity contribution in [3.8, 4) is 0 Å². The van der Waals surface area contributed by atoms with Gasteiger partial charge in [0.2, 0.25) is 5.91 Å².